The van der Waals surface area contributed by atoms with Crippen LogP contribution >= 0.6 is 12.2 Å². The van der Waals surface area contributed by atoms with Crippen LogP contribution in [0.5, 0.6) is 0 Å². The van der Waals surface area contributed by atoms with Gasteiger partial charge in [-0.25, -0.2) is 4.39 Å². The number of thiocarbonyl (C=S) groups is 1. The summed E-state index contributed by atoms with van der Waals surface area (Å²) in [7, 11) is 0. The zero-order valence-electron chi connectivity index (χ0n) is 13.6. The van der Waals surface area contributed by atoms with Crippen LogP contribution in [0.1, 0.15) is 38.5 Å². The predicted molar refractivity (Wildman–Crippen MR) is 97.3 cm³/mol. The molecule has 2 aliphatic rings. The second-order valence-electron chi connectivity index (χ2n) is 6.62. The van der Waals surface area contributed by atoms with Crippen molar-refractivity contribution in [2.45, 2.75) is 44.6 Å². The van der Waals surface area contributed by atoms with Gasteiger partial charge < -0.3 is 15.1 Å². The van der Waals surface area contributed by atoms with Gasteiger partial charge in [-0.3, -0.25) is 0 Å². The molecular formula is C18H26FN3S. The van der Waals surface area contributed by atoms with Crippen molar-refractivity contribution in [1.29, 1.82) is 0 Å². The normalized spacial score (nSPS) is 22.3. The highest BCUT2D eigenvalue weighted by Gasteiger charge is 2.25. The molecule has 0 aliphatic carbocycles. The minimum absolute atomic E-state index is 0.234. The summed E-state index contributed by atoms with van der Waals surface area (Å²) < 4.78 is 13.3. The molecule has 0 radical (unpaired) electrons. The molecule has 1 N–H and O–H groups in total. The Kier molecular flexibility index (Phi) is 5.84. The lowest BCUT2D eigenvalue weighted by Gasteiger charge is -2.38. The Morgan fingerprint density at radius 2 is 1.96 bits per heavy atom. The van der Waals surface area contributed by atoms with E-state index in [-0.39, 0.29) is 5.82 Å². The number of anilines is 1. The minimum atomic E-state index is -0.234. The van der Waals surface area contributed by atoms with Gasteiger partial charge in [-0.15, -0.1) is 0 Å². The van der Waals surface area contributed by atoms with Crippen LogP contribution in [-0.4, -0.2) is 47.1 Å². The van der Waals surface area contributed by atoms with E-state index in [4.69, 9.17) is 12.2 Å². The van der Waals surface area contributed by atoms with E-state index in [2.05, 4.69) is 15.1 Å². The van der Waals surface area contributed by atoms with Crippen molar-refractivity contribution in [2.75, 3.05) is 31.5 Å². The lowest BCUT2D eigenvalue weighted by molar-refractivity contribution is 0.206. The molecule has 2 saturated heterocycles. The van der Waals surface area contributed by atoms with E-state index >= 15 is 0 Å². The topological polar surface area (TPSA) is 18.5 Å². The first-order chi connectivity index (χ1) is 11.2. The molecule has 0 bridgehead atoms. The smallest absolute Gasteiger partial charge is 0.173 e. The maximum absolute atomic E-state index is 13.3. The summed E-state index contributed by atoms with van der Waals surface area (Å²) >= 11 is 5.60. The first-order valence-corrected chi connectivity index (χ1v) is 9.19. The van der Waals surface area contributed by atoms with Crippen molar-refractivity contribution >= 4 is 23.0 Å². The van der Waals surface area contributed by atoms with Crippen LogP contribution in [0.25, 0.3) is 0 Å². The average molecular weight is 335 g/mol. The average Bonchev–Trinajstić information content (AvgIpc) is 3.06. The van der Waals surface area contributed by atoms with Gasteiger partial charge in [0.1, 0.15) is 5.82 Å². The van der Waals surface area contributed by atoms with Crippen molar-refractivity contribution in [3.05, 3.63) is 30.1 Å². The molecule has 0 amide bonds. The number of benzene rings is 1. The molecule has 2 heterocycles. The lowest BCUT2D eigenvalue weighted by Crippen LogP contribution is -2.46. The molecule has 1 aromatic carbocycles. The molecule has 23 heavy (non-hydrogen) atoms. The predicted octanol–water partition coefficient (Wildman–Crippen LogP) is 3.86. The fourth-order valence-electron chi connectivity index (χ4n) is 3.67. The Hall–Kier alpha value is -1.20. The molecule has 0 unspecified atom stereocenters. The molecule has 2 aliphatic heterocycles. The molecule has 0 aromatic heterocycles. The van der Waals surface area contributed by atoms with E-state index in [1.165, 1.54) is 70.3 Å². The first-order valence-electron chi connectivity index (χ1n) is 8.78. The van der Waals surface area contributed by atoms with Crippen LogP contribution < -0.4 is 5.32 Å². The monoisotopic (exact) mass is 335 g/mol. The highest BCUT2D eigenvalue weighted by Crippen LogP contribution is 2.22. The maximum Gasteiger partial charge on any atom is 0.173 e. The molecule has 1 atom stereocenters. The Morgan fingerprint density at radius 3 is 2.74 bits per heavy atom. The lowest BCUT2D eigenvalue weighted by atomic mass is 9.99. The van der Waals surface area contributed by atoms with Crippen LogP contribution in [0.2, 0.25) is 0 Å². The molecule has 5 heteroatoms. The SMILES string of the molecule is Fc1cccc(NC(=S)N2CCCC[C@H]2CCN2CCCC2)c1. The van der Waals surface area contributed by atoms with Gasteiger partial charge in [0.05, 0.1) is 0 Å². The van der Waals surface area contributed by atoms with E-state index in [1.54, 1.807) is 6.07 Å². The zero-order chi connectivity index (χ0) is 16.1. The quantitative estimate of drug-likeness (QED) is 0.842. The third kappa shape index (κ3) is 4.64. The summed E-state index contributed by atoms with van der Waals surface area (Å²) in [5, 5.41) is 3.95. The third-order valence-electron chi connectivity index (χ3n) is 4.94. The van der Waals surface area contributed by atoms with Crippen LogP contribution in [0, 0.1) is 5.82 Å². The van der Waals surface area contributed by atoms with Crippen molar-refractivity contribution in [1.82, 2.24) is 9.80 Å². The molecule has 126 valence electrons. The van der Waals surface area contributed by atoms with Crippen LogP contribution in [0.3, 0.4) is 0 Å². The third-order valence-corrected chi connectivity index (χ3v) is 5.28. The largest absolute Gasteiger partial charge is 0.346 e. The molecule has 3 rings (SSSR count). The Balaban J connectivity index is 1.57. The molecule has 0 spiro atoms. The van der Waals surface area contributed by atoms with Gasteiger partial charge in [-0.1, -0.05) is 6.07 Å². The van der Waals surface area contributed by atoms with E-state index in [9.17, 15) is 4.39 Å². The second-order valence-corrected chi connectivity index (χ2v) is 7.01. The molecule has 0 saturated carbocycles. The fraction of sp³-hybridized carbons (Fsp3) is 0.611. The number of hydrogen-bond acceptors (Lipinski definition) is 2. The van der Waals surface area contributed by atoms with Gasteiger partial charge in [0.2, 0.25) is 0 Å². The zero-order valence-corrected chi connectivity index (χ0v) is 14.5. The van der Waals surface area contributed by atoms with Crippen LogP contribution in [0.4, 0.5) is 10.1 Å². The van der Waals surface area contributed by atoms with Gasteiger partial charge in [-0.2, -0.15) is 0 Å². The van der Waals surface area contributed by atoms with Gasteiger partial charge in [-0.05, 0) is 82.0 Å². The van der Waals surface area contributed by atoms with E-state index in [0.29, 0.717) is 6.04 Å². The molecule has 2 fully saturated rings. The molecular weight excluding hydrogens is 309 g/mol. The number of halogens is 1. The van der Waals surface area contributed by atoms with Crippen molar-refractivity contribution in [3.8, 4) is 0 Å². The summed E-state index contributed by atoms with van der Waals surface area (Å²) in [4.78, 5) is 4.88. The van der Waals surface area contributed by atoms with Gasteiger partial charge in [0, 0.05) is 24.8 Å². The highest BCUT2D eigenvalue weighted by molar-refractivity contribution is 7.80. The number of nitrogens with one attached hydrogen (secondary N) is 1. The van der Waals surface area contributed by atoms with Crippen molar-refractivity contribution in [2.24, 2.45) is 0 Å². The van der Waals surface area contributed by atoms with Gasteiger partial charge in [0.15, 0.2) is 5.11 Å². The number of rotatable bonds is 4. The Bertz CT molecular complexity index is 531. The van der Waals surface area contributed by atoms with Crippen molar-refractivity contribution in [3.63, 3.8) is 0 Å². The minimum Gasteiger partial charge on any atom is -0.346 e. The summed E-state index contributed by atoms with van der Waals surface area (Å²) in [6.45, 7) is 4.67. The highest BCUT2D eigenvalue weighted by atomic mass is 32.1. The molecule has 3 nitrogen and oxygen atoms in total. The van der Waals surface area contributed by atoms with Crippen LogP contribution in [-0.2, 0) is 0 Å². The Labute approximate surface area is 143 Å². The van der Waals surface area contributed by atoms with E-state index < -0.39 is 0 Å². The van der Waals surface area contributed by atoms with Gasteiger partial charge in [0.25, 0.3) is 0 Å². The second kappa shape index (κ2) is 8.06. The van der Waals surface area contributed by atoms with Gasteiger partial charge >= 0.3 is 0 Å². The summed E-state index contributed by atoms with van der Waals surface area (Å²) in [6.07, 6.45) is 7.53. The van der Waals surface area contributed by atoms with Crippen LogP contribution in [0.15, 0.2) is 24.3 Å². The maximum atomic E-state index is 13.3. The Morgan fingerprint density at radius 1 is 1.17 bits per heavy atom. The number of piperidine rings is 1. The number of likely N-dealkylation sites (tertiary alicyclic amines) is 2. The molecule has 1 aromatic rings. The standard InChI is InChI=1S/C18H26FN3S/c19-15-6-5-7-16(14-15)20-18(23)22-12-2-1-8-17(22)9-13-21-10-3-4-11-21/h5-7,14,17H,1-4,8-13H2,(H,20,23)/t17-/m0/s1. The summed E-state index contributed by atoms with van der Waals surface area (Å²) in [6, 6.07) is 7.03. The summed E-state index contributed by atoms with van der Waals surface area (Å²) in [5.41, 5.74) is 0.735. The number of hydrogen-bond donors (Lipinski definition) is 1. The van der Waals surface area contributed by atoms with E-state index in [0.717, 1.165) is 17.3 Å². The van der Waals surface area contributed by atoms with E-state index in [1.807, 2.05) is 6.07 Å². The summed E-state index contributed by atoms with van der Waals surface area (Å²) in [5.74, 6) is -0.234. The van der Waals surface area contributed by atoms with Crippen molar-refractivity contribution < 1.29 is 4.39 Å². The first kappa shape index (κ1) is 16.7. The fourth-order valence-corrected chi connectivity index (χ4v) is 4.03. The number of nitrogens with zero attached hydrogens (tertiary/aromatic N) is 2.